The number of hydrogen-bond donors (Lipinski definition) is 0. The Balaban J connectivity index is 2.33. The third-order valence-electron chi connectivity index (χ3n) is 4.15. The van der Waals surface area contributed by atoms with E-state index in [9.17, 15) is 0 Å². The third kappa shape index (κ3) is 3.01. The van der Waals surface area contributed by atoms with E-state index < -0.39 is 0 Å². The highest BCUT2D eigenvalue weighted by atomic mass is 79.9. The number of benzene rings is 1. The second-order valence-corrected chi connectivity index (χ2v) is 7.17. The molecule has 1 aromatic rings. The Hall–Kier alpha value is -0.0600. The van der Waals surface area contributed by atoms with Crippen LogP contribution in [-0.4, -0.2) is 19.3 Å². The molecule has 19 heavy (non-hydrogen) atoms. The number of alkyl halides is 1. The minimum atomic E-state index is 0.231. The van der Waals surface area contributed by atoms with E-state index in [1.165, 1.54) is 5.56 Å². The fraction of sp³-hybridized carbons (Fsp3) is 0.600. The second-order valence-electron chi connectivity index (χ2n) is 5.27. The van der Waals surface area contributed by atoms with Crippen molar-refractivity contribution in [1.82, 2.24) is 0 Å². The minimum absolute atomic E-state index is 0.231. The van der Waals surface area contributed by atoms with Crippen LogP contribution >= 0.6 is 31.9 Å². The van der Waals surface area contributed by atoms with Gasteiger partial charge in [0.15, 0.2) is 0 Å². The van der Waals surface area contributed by atoms with Gasteiger partial charge in [0.25, 0.3) is 0 Å². The van der Waals surface area contributed by atoms with E-state index in [0.717, 1.165) is 10.2 Å². The van der Waals surface area contributed by atoms with Crippen LogP contribution in [0.15, 0.2) is 22.7 Å². The van der Waals surface area contributed by atoms with Gasteiger partial charge >= 0.3 is 0 Å². The summed E-state index contributed by atoms with van der Waals surface area (Å²) in [5, 5.41) is 0. The first kappa shape index (κ1) is 15.3. The first-order valence-electron chi connectivity index (χ1n) is 6.58. The monoisotopic (exact) mass is 390 g/mol. The summed E-state index contributed by atoms with van der Waals surface area (Å²) in [6.45, 7) is 6.57. The van der Waals surface area contributed by atoms with Gasteiger partial charge < -0.3 is 9.47 Å². The van der Waals surface area contributed by atoms with Gasteiger partial charge in [-0.3, -0.25) is 0 Å². The summed E-state index contributed by atoms with van der Waals surface area (Å²) >= 11 is 7.40. The van der Waals surface area contributed by atoms with Gasteiger partial charge in [-0.15, -0.1) is 0 Å². The van der Waals surface area contributed by atoms with Crippen molar-refractivity contribution >= 4 is 31.9 Å². The molecule has 0 radical (unpaired) electrons. The maximum atomic E-state index is 5.95. The van der Waals surface area contributed by atoms with Crippen molar-refractivity contribution in [2.45, 2.75) is 37.8 Å². The lowest BCUT2D eigenvalue weighted by molar-refractivity contribution is 0.0510. The maximum Gasteiger partial charge on any atom is 0.123 e. The Morgan fingerprint density at radius 3 is 2.42 bits per heavy atom. The van der Waals surface area contributed by atoms with Gasteiger partial charge in [0, 0.05) is 20.8 Å². The lowest BCUT2D eigenvalue weighted by atomic mass is 9.84. The molecule has 0 aliphatic carbocycles. The molecule has 5 unspecified atom stereocenters. The number of halogens is 2. The Kier molecular flexibility index (Phi) is 4.96. The van der Waals surface area contributed by atoms with E-state index in [4.69, 9.17) is 9.47 Å². The molecule has 0 amide bonds. The summed E-state index contributed by atoms with van der Waals surface area (Å²) in [5.74, 6) is 1.88. The van der Waals surface area contributed by atoms with E-state index in [2.05, 4.69) is 58.7 Å². The standard InChI is InChI=1S/C15H20Br2O2/c1-8-9(2)19-10(3)14(8)15(17)12-7-11(16)5-6-13(12)18-4/h5-10,14-15H,1-4H3. The molecule has 0 aromatic heterocycles. The summed E-state index contributed by atoms with van der Waals surface area (Å²) in [6.07, 6.45) is 0.552. The first-order valence-corrected chi connectivity index (χ1v) is 8.29. The molecule has 1 fully saturated rings. The lowest BCUT2D eigenvalue weighted by Crippen LogP contribution is -2.22. The summed E-state index contributed by atoms with van der Waals surface area (Å²) in [6, 6.07) is 6.13. The molecule has 0 spiro atoms. The van der Waals surface area contributed by atoms with Crippen molar-refractivity contribution in [2.24, 2.45) is 11.8 Å². The molecule has 1 aliphatic heterocycles. The molecule has 1 aliphatic rings. The predicted octanol–water partition coefficient (Wildman–Crippen LogP) is 4.95. The lowest BCUT2D eigenvalue weighted by Gasteiger charge is -2.26. The van der Waals surface area contributed by atoms with Crippen LogP contribution < -0.4 is 4.74 Å². The van der Waals surface area contributed by atoms with E-state index in [1.54, 1.807) is 7.11 Å². The Morgan fingerprint density at radius 2 is 1.89 bits per heavy atom. The topological polar surface area (TPSA) is 18.5 Å². The zero-order valence-corrected chi connectivity index (χ0v) is 14.9. The van der Waals surface area contributed by atoms with Crippen molar-refractivity contribution in [3.8, 4) is 5.75 Å². The number of methoxy groups -OCH3 is 1. The Bertz CT molecular complexity index is 450. The van der Waals surface area contributed by atoms with Gasteiger partial charge in [0.1, 0.15) is 5.75 Å². The number of ether oxygens (including phenoxy) is 2. The quantitative estimate of drug-likeness (QED) is 0.678. The van der Waals surface area contributed by atoms with Gasteiger partial charge in [-0.2, -0.15) is 0 Å². The fourth-order valence-electron chi connectivity index (χ4n) is 2.93. The van der Waals surface area contributed by atoms with Crippen LogP contribution in [0, 0.1) is 11.8 Å². The van der Waals surface area contributed by atoms with Crippen molar-refractivity contribution < 1.29 is 9.47 Å². The maximum absolute atomic E-state index is 5.95. The molecule has 1 heterocycles. The Morgan fingerprint density at radius 1 is 1.21 bits per heavy atom. The van der Waals surface area contributed by atoms with Gasteiger partial charge in [0.2, 0.25) is 0 Å². The van der Waals surface area contributed by atoms with Crippen LogP contribution in [-0.2, 0) is 4.74 Å². The molecule has 4 heteroatoms. The molecule has 5 atom stereocenters. The molecular formula is C15H20Br2O2. The highest BCUT2D eigenvalue weighted by Gasteiger charge is 2.42. The van der Waals surface area contributed by atoms with E-state index >= 15 is 0 Å². The van der Waals surface area contributed by atoms with Crippen molar-refractivity contribution in [3.05, 3.63) is 28.2 Å². The number of hydrogen-bond acceptors (Lipinski definition) is 2. The van der Waals surface area contributed by atoms with Gasteiger partial charge in [0.05, 0.1) is 19.3 Å². The first-order chi connectivity index (χ1) is 8.95. The molecule has 2 nitrogen and oxygen atoms in total. The minimum Gasteiger partial charge on any atom is -0.496 e. The average molecular weight is 392 g/mol. The van der Waals surface area contributed by atoms with Gasteiger partial charge in [-0.1, -0.05) is 38.8 Å². The SMILES string of the molecule is COc1ccc(Br)cc1C(Br)C1C(C)OC(C)C1C. The van der Waals surface area contributed by atoms with E-state index in [1.807, 2.05) is 12.1 Å². The van der Waals surface area contributed by atoms with Crippen LogP contribution in [0.2, 0.25) is 0 Å². The van der Waals surface area contributed by atoms with E-state index in [0.29, 0.717) is 17.9 Å². The molecule has 1 saturated heterocycles. The highest BCUT2D eigenvalue weighted by Crippen LogP contribution is 2.47. The molecule has 0 saturated carbocycles. The summed E-state index contributed by atoms with van der Waals surface area (Å²) in [7, 11) is 1.72. The molecule has 2 rings (SSSR count). The summed E-state index contributed by atoms with van der Waals surface area (Å²) < 4.78 is 12.5. The average Bonchev–Trinajstić information content (AvgIpc) is 2.62. The smallest absolute Gasteiger partial charge is 0.123 e. The largest absolute Gasteiger partial charge is 0.496 e. The molecular weight excluding hydrogens is 372 g/mol. The van der Waals surface area contributed by atoms with Gasteiger partial charge in [-0.25, -0.2) is 0 Å². The second kappa shape index (κ2) is 6.15. The molecule has 1 aromatic carbocycles. The van der Waals surface area contributed by atoms with Crippen LogP contribution in [0.4, 0.5) is 0 Å². The fourth-order valence-corrected chi connectivity index (χ4v) is 4.57. The van der Waals surface area contributed by atoms with Crippen LogP contribution in [0.5, 0.6) is 5.75 Å². The normalized spacial score (nSPS) is 32.3. The third-order valence-corrected chi connectivity index (χ3v) is 5.74. The highest BCUT2D eigenvalue weighted by molar-refractivity contribution is 9.10. The summed E-state index contributed by atoms with van der Waals surface area (Å²) in [5.41, 5.74) is 1.18. The van der Waals surface area contributed by atoms with Crippen LogP contribution in [0.1, 0.15) is 31.2 Å². The van der Waals surface area contributed by atoms with Crippen molar-refractivity contribution in [2.75, 3.05) is 7.11 Å². The van der Waals surface area contributed by atoms with Crippen molar-refractivity contribution in [3.63, 3.8) is 0 Å². The van der Waals surface area contributed by atoms with E-state index in [-0.39, 0.29) is 10.9 Å². The zero-order valence-electron chi connectivity index (χ0n) is 11.7. The number of rotatable bonds is 3. The Labute approximate surface area is 132 Å². The van der Waals surface area contributed by atoms with Gasteiger partial charge in [-0.05, 0) is 38.0 Å². The van der Waals surface area contributed by atoms with Crippen LogP contribution in [0.3, 0.4) is 0 Å². The van der Waals surface area contributed by atoms with Crippen molar-refractivity contribution in [1.29, 1.82) is 0 Å². The molecule has 106 valence electrons. The molecule has 0 N–H and O–H groups in total. The predicted molar refractivity (Wildman–Crippen MR) is 85.0 cm³/mol. The van der Waals surface area contributed by atoms with Crippen LogP contribution in [0.25, 0.3) is 0 Å². The summed E-state index contributed by atoms with van der Waals surface area (Å²) in [4.78, 5) is 0.231. The molecule has 0 bridgehead atoms. The zero-order chi connectivity index (χ0) is 14.2.